The minimum Gasteiger partial charge on any atom is -0.508 e. The summed E-state index contributed by atoms with van der Waals surface area (Å²) in [6.07, 6.45) is 6.77. The molecular weight excluding hydrogens is 388 g/mol. The topological polar surface area (TPSA) is 66.8 Å². The molecule has 0 saturated heterocycles. The molecule has 0 radical (unpaired) electrons. The summed E-state index contributed by atoms with van der Waals surface area (Å²) in [6, 6.07) is 19.0. The van der Waals surface area contributed by atoms with E-state index in [2.05, 4.69) is 12.1 Å². The highest BCUT2D eigenvalue weighted by molar-refractivity contribution is 5.89. The Morgan fingerprint density at radius 1 is 0.935 bits per heavy atom. The lowest BCUT2D eigenvalue weighted by molar-refractivity contribution is -0.128. The summed E-state index contributed by atoms with van der Waals surface area (Å²) < 4.78 is 5.82. The van der Waals surface area contributed by atoms with Gasteiger partial charge in [-0.2, -0.15) is 0 Å². The first-order chi connectivity index (χ1) is 15.1. The van der Waals surface area contributed by atoms with Gasteiger partial charge >= 0.3 is 5.97 Å². The third kappa shape index (κ3) is 3.33. The monoisotopic (exact) mass is 412 g/mol. The number of carbonyl (C=O) groups excluding carboxylic acids is 1. The normalized spacial score (nSPS) is 19.0. The van der Waals surface area contributed by atoms with E-state index in [0.29, 0.717) is 11.5 Å². The molecule has 1 spiro atoms. The maximum absolute atomic E-state index is 12.6. The summed E-state index contributed by atoms with van der Waals surface area (Å²) in [5.74, 6) is 0.476. The molecule has 0 aliphatic heterocycles. The van der Waals surface area contributed by atoms with Crippen LogP contribution in [0.4, 0.5) is 0 Å². The van der Waals surface area contributed by atoms with Crippen LogP contribution >= 0.6 is 0 Å². The fraction of sp³-hybridized carbons (Fsp3) is 0.222. The molecule has 2 aliphatic rings. The molecule has 0 unspecified atom stereocenters. The number of esters is 1. The zero-order chi connectivity index (χ0) is 21.4. The predicted molar refractivity (Wildman–Crippen MR) is 119 cm³/mol. The third-order valence-corrected chi connectivity index (χ3v) is 6.63. The lowest BCUT2D eigenvalue weighted by atomic mass is 9.76. The SMILES string of the molecule is O=C(/C=C/c1ccc(CO)cc1)Oc1cccc2c1[C@]1(CCc3cccc(O)c31)CC2. The molecule has 31 heavy (non-hydrogen) atoms. The van der Waals surface area contributed by atoms with Crippen LogP contribution in [0.5, 0.6) is 11.5 Å². The summed E-state index contributed by atoms with van der Waals surface area (Å²) in [5, 5.41) is 19.8. The van der Waals surface area contributed by atoms with Gasteiger partial charge in [0.1, 0.15) is 11.5 Å². The number of fused-ring (bicyclic) bond motifs is 4. The van der Waals surface area contributed by atoms with Crippen LogP contribution in [-0.4, -0.2) is 16.2 Å². The molecule has 0 fully saturated rings. The maximum atomic E-state index is 12.6. The zero-order valence-corrected chi connectivity index (χ0v) is 17.2. The second-order valence-electron chi connectivity index (χ2n) is 8.34. The van der Waals surface area contributed by atoms with Gasteiger partial charge in [-0.25, -0.2) is 4.79 Å². The number of hydrogen-bond donors (Lipinski definition) is 2. The van der Waals surface area contributed by atoms with Crippen molar-refractivity contribution in [3.05, 3.63) is 100 Å². The molecule has 0 amide bonds. The summed E-state index contributed by atoms with van der Waals surface area (Å²) in [5.41, 5.74) is 5.80. The minimum absolute atomic E-state index is 0.00835. The highest BCUT2D eigenvalue weighted by Gasteiger charge is 2.48. The quantitative estimate of drug-likeness (QED) is 0.371. The maximum Gasteiger partial charge on any atom is 0.336 e. The highest BCUT2D eigenvalue weighted by Crippen LogP contribution is 2.57. The lowest BCUT2D eigenvalue weighted by Gasteiger charge is -2.28. The number of phenols is 1. The Hall–Kier alpha value is -3.37. The van der Waals surface area contributed by atoms with E-state index in [-0.39, 0.29) is 12.0 Å². The van der Waals surface area contributed by atoms with E-state index in [4.69, 9.17) is 9.84 Å². The molecule has 4 nitrogen and oxygen atoms in total. The van der Waals surface area contributed by atoms with E-state index in [1.165, 1.54) is 17.2 Å². The number of rotatable bonds is 4. The highest BCUT2D eigenvalue weighted by atomic mass is 16.5. The van der Waals surface area contributed by atoms with Crippen LogP contribution in [0.1, 0.15) is 46.2 Å². The van der Waals surface area contributed by atoms with Gasteiger partial charge < -0.3 is 14.9 Å². The number of aliphatic hydroxyl groups excluding tert-OH is 1. The fourth-order valence-electron chi connectivity index (χ4n) is 5.25. The van der Waals surface area contributed by atoms with Gasteiger partial charge in [-0.1, -0.05) is 48.5 Å². The molecular formula is C27H24O4. The summed E-state index contributed by atoms with van der Waals surface area (Å²) in [4.78, 5) is 12.6. The van der Waals surface area contributed by atoms with Crippen molar-refractivity contribution in [3.8, 4) is 11.5 Å². The molecule has 0 heterocycles. The van der Waals surface area contributed by atoms with Crippen LogP contribution in [0, 0.1) is 0 Å². The number of benzene rings is 3. The number of aryl methyl sites for hydroxylation is 2. The lowest BCUT2D eigenvalue weighted by Crippen LogP contribution is -2.23. The molecule has 5 rings (SSSR count). The van der Waals surface area contributed by atoms with Gasteiger partial charge in [0.05, 0.1) is 6.61 Å². The van der Waals surface area contributed by atoms with Crippen LogP contribution in [0.25, 0.3) is 6.08 Å². The molecule has 2 aliphatic carbocycles. The van der Waals surface area contributed by atoms with E-state index >= 15 is 0 Å². The molecule has 0 aromatic heterocycles. The smallest absolute Gasteiger partial charge is 0.336 e. The van der Waals surface area contributed by atoms with Crippen molar-refractivity contribution in [1.82, 2.24) is 0 Å². The second-order valence-corrected chi connectivity index (χ2v) is 8.34. The molecule has 0 bridgehead atoms. The number of aromatic hydroxyl groups is 1. The molecule has 3 aromatic carbocycles. The summed E-state index contributed by atoms with van der Waals surface area (Å²) in [6.45, 7) is -0.00835. The Morgan fingerprint density at radius 3 is 2.32 bits per heavy atom. The van der Waals surface area contributed by atoms with Gasteiger partial charge in [0, 0.05) is 22.6 Å². The van der Waals surface area contributed by atoms with E-state index in [9.17, 15) is 9.90 Å². The number of aliphatic hydroxyl groups is 1. The van der Waals surface area contributed by atoms with Gasteiger partial charge in [-0.15, -0.1) is 0 Å². The van der Waals surface area contributed by atoms with Crippen molar-refractivity contribution in [2.75, 3.05) is 0 Å². The average Bonchev–Trinajstić information content (AvgIpc) is 3.36. The molecule has 3 aromatic rings. The Labute approximate surface area is 181 Å². The molecule has 0 saturated carbocycles. The van der Waals surface area contributed by atoms with E-state index in [0.717, 1.165) is 47.9 Å². The van der Waals surface area contributed by atoms with Gasteiger partial charge in [-0.05, 0) is 66.1 Å². The van der Waals surface area contributed by atoms with E-state index in [1.54, 1.807) is 12.1 Å². The largest absolute Gasteiger partial charge is 0.508 e. The van der Waals surface area contributed by atoms with E-state index < -0.39 is 5.97 Å². The molecule has 1 atom stereocenters. The van der Waals surface area contributed by atoms with Gasteiger partial charge in [0.2, 0.25) is 0 Å². The fourth-order valence-corrected chi connectivity index (χ4v) is 5.25. The Morgan fingerprint density at radius 2 is 1.61 bits per heavy atom. The van der Waals surface area contributed by atoms with Crippen LogP contribution in [-0.2, 0) is 29.7 Å². The van der Waals surface area contributed by atoms with Crippen LogP contribution in [0.3, 0.4) is 0 Å². The van der Waals surface area contributed by atoms with Crippen molar-refractivity contribution in [2.45, 2.75) is 37.7 Å². The number of ether oxygens (including phenoxy) is 1. The molecule has 2 N–H and O–H groups in total. The first kappa shape index (κ1) is 19.6. The van der Waals surface area contributed by atoms with Crippen molar-refractivity contribution < 1.29 is 19.7 Å². The Kier molecular flexibility index (Phi) is 4.87. The Bertz CT molecular complexity index is 1170. The summed E-state index contributed by atoms with van der Waals surface area (Å²) in [7, 11) is 0. The van der Waals surface area contributed by atoms with Crippen LogP contribution in [0.2, 0.25) is 0 Å². The van der Waals surface area contributed by atoms with Gasteiger partial charge in [0.25, 0.3) is 0 Å². The van der Waals surface area contributed by atoms with Crippen molar-refractivity contribution in [2.24, 2.45) is 0 Å². The van der Waals surface area contributed by atoms with E-state index in [1.807, 2.05) is 42.5 Å². The van der Waals surface area contributed by atoms with Gasteiger partial charge in [-0.3, -0.25) is 0 Å². The number of phenolic OH excluding ortho intramolecular Hbond substituents is 1. The summed E-state index contributed by atoms with van der Waals surface area (Å²) >= 11 is 0. The van der Waals surface area contributed by atoms with Crippen molar-refractivity contribution in [1.29, 1.82) is 0 Å². The molecule has 156 valence electrons. The van der Waals surface area contributed by atoms with Crippen LogP contribution in [0.15, 0.2) is 66.7 Å². The first-order valence-electron chi connectivity index (χ1n) is 10.6. The number of carbonyl (C=O) groups is 1. The first-order valence-corrected chi connectivity index (χ1v) is 10.6. The van der Waals surface area contributed by atoms with Crippen LogP contribution < -0.4 is 4.74 Å². The third-order valence-electron chi connectivity index (χ3n) is 6.63. The Balaban J connectivity index is 1.45. The predicted octanol–water partition coefficient (Wildman–Crippen LogP) is 4.68. The second kappa shape index (κ2) is 7.71. The van der Waals surface area contributed by atoms with Crippen molar-refractivity contribution >= 4 is 12.0 Å². The standard InChI is InChI=1S/C27H24O4/c28-17-19-9-7-18(8-10-19)11-12-24(30)31-23-6-2-4-21-14-16-27(26(21)23)15-13-20-3-1-5-22(29)25(20)27/h1-12,28-29H,13-17H2/b12-11+/t27-/m1/s1. The van der Waals surface area contributed by atoms with Crippen molar-refractivity contribution in [3.63, 3.8) is 0 Å². The number of hydrogen-bond acceptors (Lipinski definition) is 4. The van der Waals surface area contributed by atoms with Gasteiger partial charge in [0.15, 0.2) is 0 Å². The zero-order valence-electron chi connectivity index (χ0n) is 17.2. The minimum atomic E-state index is -0.433. The average molecular weight is 412 g/mol. The molecule has 4 heteroatoms.